The van der Waals surface area contributed by atoms with Crippen molar-refractivity contribution in [3.8, 4) is 0 Å². The number of aliphatic carboxylic acids is 1. The van der Waals surface area contributed by atoms with E-state index >= 15 is 0 Å². The highest BCUT2D eigenvalue weighted by atomic mass is 16.5. The zero-order chi connectivity index (χ0) is 12.0. The van der Waals surface area contributed by atoms with Gasteiger partial charge in [-0.2, -0.15) is 0 Å². The summed E-state index contributed by atoms with van der Waals surface area (Å²) in [6, 6.07) is 0.649. The largest absolute Gasteiger partial charge is 0.479 e. The molecule has 0 bridgehead atoms. The van der Waals surface area contributed by atoms with Crippen LogP contribution in [0.3, 0.4) is 0 Å². The Morgan fingerprint density at radius 3 is 2.88 bits per heavy atom. The van der Waals surface area contributed by atoms with E-state index in [9.17, 15) is 4.79 Å². The fraction of sp³-hybridized carbons (Fsp3) is 0.917. The van der Waals surface area contributed by atoms with Crippen molar-refractivity contribution in [3.63, 3.8) is 0 Å². The monoisotopic (exact) mass is 229 g/mol. The van der Waals surface area contributed by atoms with Gasteiger partial charge in [-0.1, -0.05) is 6.92 Å². The number of rotatable bonds is 7. The van der Waals surface area contributed by atoms with E-state index in [2.05, 4.69) is 11.8 Å². The lowest BCUT2D eigenvalue weighted by Gasteiger charge is -2.24. The summed E-state index contributed by atoms with van der Waals surface area (Å²) in [7, 11) is 0. The molecule has 1 rings (SSSR count). The van der Waals surface area contributed by atoms with E-state index < -0.39 is 12.1 Å². The molecule has 0 spiro atoms. The van der Waals surface area contributed by atoms with E-state index in [-0.39, 0.29) is 0 Å². The summed E-state index contributed by atoms with van der Waals surface area (Å²) in [4.78, 5) is 13.3. The first kappa shape index (κ1) is 13.5. The van der Waals surface area contributed by atoms with Gasteiger partial charge in [0.2, 0.25) is 0 Å². The predicted molar refractivity (Wildman–Crippen MR) is 62.6 cm³/mol. The number of likely N-dealkylation sites (tertiary alicyclic amines) is 1. The molecule has 2 atom stereocenters. The van der Waals surface area contributed by atoms with Crippen molar-refractivity contribution in [1.82, 2.24) is 4.90 Å². The SMILES string of the molecule is CCOC(CCN1CCCC1CC)C(=O)O. The smallest absolute Gasteiger partial charge is 0.332 e. The van der Waals surface area contributed by atoms with E-state index in [0.717, 1.165) is 19.5 Å². The predicted octanol–water partition coefficient (Wildman–Crippen LogP) is 1.74. The van der Waals surface area contributed by atoms with E-state index in [1.165, 1.54) is 12.8 Å². The summed E-state index contributed by atoms with van der Waals surface area (Å²) in [5.41, 5.74) is 0. The van der Waals surface area contributed by atoms with Gasteiger partial charge in [-0.3, -0.25) is 0 Å². The number of hydrogen-bond acceptors (Lipinski definition) is 3. The number of ether oxygens (including phenoxy) is 1. The molecule has 2 unspecified atom stereocenters. The molecule has 1 heterocycles. The van der Waals surface area contributed by atoms with Gasteiger partial charge in [-0.15, -0.1) is 0 Å². The fourth-order valence-corrected chi connectivity index (χ4v) is 2.41. The first-order valence-corrected chi connectivity index (χ1v) is 6.27. The molecule has 1 N–H and O–H groups in total. The summed E-state index contributed by atoms with van der Waals surface area (Å²) >= 11 is 0. The molecular formula is C12H23NO3. The summed E-state index contributed by atoms with van der Waals surface area (Å²) in [6.07, 6.45) is 3.61. The van der Waals surface area contributed by atoms with Crippen LogP contribution >= 0.6 is 0 Å². The van der Waals surface area contributed by atoms with Gasteiger partial charge in [0.25, 0.3) is 0 Å². The number of carbonyl (C=O) groups is 1. The minimum absolute atomic E-state index is 0.466. The lowest BCUT2D eigenvalue weighted by Crippen LogP contribution is -2.34. The Labute approximate surface area is 97.6 Å². The third-order valence-electron chi connectivity index (χ3n) is 3.29. The molecule has 0 aromatic carbocycles. The minimum atomic E-state index is -0.839. The van der Waals surface area contributed by atoms with Crippen molar-refractivity contribution in [2.45, 2.75) is 51.7 Å². The highest BCUT2D eigenvalue weighted by molar-refractivity contribution is 5.72. The van der Waals surface area contributed by atoms with Crippen LogP contribution in [0.25, 0.3) is 0 Å². The van der Waals surface area contributed by atoms with Crippen molar-refractivity contribution in [2.24, 2.45) is 0 Å². The lowest BCUT2D eigenvalue weighted by atomic mass is 10.1. The third-order valence-corrected chi connectivity index (χ3v) is 3.29. The van der Waals surface area contributed by atoms with Crippen LogP contribution in [-0.2, 0) is 9.53 Å². The Morgan fingerprint density at radius 1 is 1.56 bits per heavy atom. The summed E-state index contributed by atoms with van der Waals surface area (Å²) in [6.45, 7) is 6.45. The molecule has 4 heteroatoms. The number of nitrogens with zero attached hydrogens (tertiary/aromatic N) is 1. The molecule has 1 aliphatic rings. The van der Waals surface area contributed by atoms with Crippen molar-refractivity contribution in [2.75, 3.05) is 19.7 Å². The Morgan fingerprint density at radius 2 is 2.31 bits per heavy atom. The second-order valence-corrected chi connectivity index (χ2v) is 4.31. The highest BCUT2D eigenvalue weighted by Crippen LogP contribution is 2.20. The number of carboxylic acids is 1. The van der Waals surface area contributed by atoms with Crippen LogP contribution in [0.15, 0.2) is 0 Å². The van der Waals surface area contributed by atoms with E-state index in [1.807, 2.05) is 6.92 Å². The molecule has 0 aromatic heterocycles. The Hall–Kier alpha value is -0.610. The molecule has 1 aliphatic heterocycles. The molecule has 4 nitrogen and oxygen atoms in total. The van der Waals surface area contributed by atoms with Crippen LogP contribution in [0, 0.1) is 0 Å². The molecule has 94 valence electrons. The molecule has 16 heavy (non-hydrogen) atoms. The average Bonchev–Trinajstić information content (AvgIpc) is 2.71. The molecule has 1 saturated heterocycles. The standard InChI is InChI=1S/C12H23NO3/c1-3-10-6-5-8-13(10)9-7-11(12(14)15)16-4-2/h10-11H,3-9H2,1-2H3,(H,14,15). The molecule has 0 amide bonds. The van der Waals surface area contributed by atoms with Gasteiger partial charge < -0.3 is 14.7 Å². The fourth-order valence-electron chi connectivity index (χ4n) is 2.41. The van der Waals surface area contributed by atoms with E-state index in [1.54, 1.807) is 0 Å². The topological polar surface area (TPSA) is 49.8 Å². The molecule has 0 aromatic rings. The van der Waals surface area contributed by atoms with Gasteiger partial charge in [0.1, 0.15) is 0 Å². The van der Waals surface area contributed by atoms with Gasteiger partial charge >= 0.3 is 5.97 Å². The minimum Gasteiger partial charge on any atom is -0.479 e. The van der Waals surface area contributed by atoms with Crippen LogP contribution in [0.4, 0.5) is 0 Å². The maximum Gasteiger partial charge on any atom is 0.332 e. The maximum atomic E-state index is 10.9. The molecule has 0 aliphatic carbocycles. The average molecular weight is 229 g/mol. The van der Waals surface area contributed by atoms with Crippen LogP contribution in [0.1, 0.15) is 39.5 Å². The van der Waals surface area contributed by atoms with Gasteiger partial charge in [0.05, 0.1) is 0 Å². The molecule has 0 radical (unpaired) electrons. The third kappa shape index (κ3) is 3.76. The van der Waals surface area contributed by atoms with Gasteiger partial charge in [0, 0.05) is 19.2 Å². The quantitative estimate of drug-likeness (QED) is 0.722. The lowest BCUT2D eigenvalue weighted by molar-refractivity contribution is -0.150. The van der Waals surface area contributed by atoms with Gasteiger partial charge in [0.15, 0.2) is 6.10 Å². The van der Waals surface area contributed by atoms with Crippen LogP contribution in [0.2, 0.25) is 0 Å². The van der Waals surface area contributed by atoms with Crippen LogP contribution in [-0.4, -0.2) is 47.8 Å². The van der Waals surface area contributed by atoms with E-state index in [4.69, 9.17) is 9.84 Å². The van der Waals surface area contributed by atoms with Crippen LogP contribution < -0.4 is 0 Å². The van der Waals surface area contributed by atoms with Crippen molar-refractivity contribution < 1.29 is 14.6 Å². The zero-order valence-corrected chi connectivity index (χ0v) is 10.3. The number of carboxylic acid groups (broad SMARTS) is 1. The molecule has 0 saturated carbocycles. The molecular weight excluding hydrogens is 206 g/mol. The Bertz CT molecular complexity index is 220. The summed E-state index contributed by atoms with van der Waals surface area (Å²) in [5.74, 6) is -0.839. The zero-order valence-electron chi connectivity index (χ0n) is 10.3. The van der Waals surface area contributed by atoms with E-state index in [0.29, 0.717) is 19.1 Å². The summed E-state index contributed by atoms with van der Waals surface area (Å²) in [5, 5.41) is 8.96. The first-order valence-electron chi connectivity index (χ1n) is 6.27. The van der Waals surface area contributed by atoms with Crippen LogP contribution in [0.5, 0.6) is 0 Å². The highest BCUT2D eigenvalue weighted by Gasteiger charge is 2.25. The maximum absolute atomic E-state index is 10.9. The normalized spacial score (nSPS) is 23.5. The Balaban J connectivity index is 2.33. The van der Waals surface area contributed by atoms with Crippen molar-refractivity contribution >= 4 is 5.97 Å². The van der Waals surface area contributed by atoms with Crippen molar-refractivity contribution in [1.29, 1.82) is 0 Å². The Kier molecular flexibility index (Phi) is 5.77. The number of hydrogen-bond donors (Lipinski definition) is 1. The first-order chi connectivity index (χ1) is 7.69. The van der Waals surface area contributed by atoms with Gasteiger partial charge in [-0.25, -0.2) is 4.79 Å². The van der Waals surface area contributed by atoms with Gasteiger partial charge in [-0.05, 0) is 39.2 Å². The van der Waals surface area contributed by atoms with Crippen molar-refractivity contribution in [3.05, 3.63) is 0 Å². The summed E-state index contributed by atoms with van der Waals surface area (Å²) < 4.78 is 5.21. The molecule has 1 fully saturated rings. The second-order valence-electron chi connectivity index (χ2n) is 4.31. The second kappa shape index (κ2) is 6.86.